The van der Waals surface area contributed by atoms with Crippen LogP contribution in [-0.4, -0.2) is 19.0 Å². The summed E-state index contributed by atoms with van der Waals surface area (Å²) in [6, 6.07) is 5.77. The zero-order chi connectivity index (χ0) is 11.1. The van der Waals surface area contributed by atoms with Gasteiger partial charge < -0.3 is 9.47 Å². The number of para-hydroxylation sites is 1. The van der Waals surface area contributed by atoms with Gasteiger partial charge in [0.15, 0.2) is 11.5 Å². The number of benzene rings is 1. The Morgan fingerprint density at radius 2 is 2.07 bits per heavy atom. The van der Waals surface area contributed by atoms with E-state index >= 15 is 0 Å². The summed E-state index contributed by atoms with van der Waals surface area (Å²) < 4.78 is 11.8. The van der Waals surface area contributed by atoms with Gasteiger partial charge in [-0.3, -0.25) is 0 Å². The summed E-state index contributed by atoms with van der Waals surface area (Å²) in [5, 5.41) is 1.02. The molecule has 0 aromatic heterocycles. The molecular weight excluding hydrogens is 324 g/mol. The van der Waals surface area contributed by atoms with E-state index in [2.05, 4.69) is 31.9 Å². The maximum absolute atomic E-state index is 5.67. The molecule has 4 heteroatoms. The quantitative estimate of drug-likeness (QED) is 0.576. The van der Waals surface area contributed by atoms with Crippen molar-refractivity contribution in [2.75, 3.05) is 19.0 Å². The van der Waals surface area contributed by atoms with Crippen molar-refractivity contribution < 1.29 is 9.47 Å². The predicted octanol–water partition coefficient (Wildman–Crippen LogP) is 4.01. The van der Waals surface area contributed by atoms with Crippen LogP contribution in [0.5, 0.6) is 11.5 Å². The molecule has 0 atom stereocenters. The first-order valence-corrected chi connectivity index (χ1v) is 6.72. The van der Waals surface area contributed by atoms with Crippen LogP contribution in [0.4, 0.5) is 0 Å². The monoisotopic (exact) mass is 336 g/mol. The Labute approximate surface area is 107 Å². The van der Waals surface area contributed by atoms with Crippen LogP contribution in [0.1, 0.15) is 12.8 Å². The summed E-state index contributed by atoms with van der Waals surface area (Å²) >= 11 is 6.83. The van der Waals surface area contributed by atoms with E-state index in [1.54, 1.807) is 7.11 Å². The highest BCUT2D eigenvalue weighted by molar-refractivity contribution is 9.10. The van der Waals surface area contributed by atoms with E-state index in [-0.39, 0.29) is 0 Å². The molecule has 0 aliphatic heterocycles. The topological polar surface area (TPSA) is 18.5 Å². The first-order chi connectivity index (χ1) is 7.29. The zero-order valence-electron chi connectivity index (χ0n) is 8.63. The van der Waals surface area contributed by atoms with Crippen molar-refractivity contribution in [3.63, 3.8) is 0 Å². The highest BCUT2D eigenvalue weighted by Gasteiger charge is 2.07. The van der Waals surface area contributed by atoms with Gasteiger partial charge >= 0.3 is 0 Å². The van der Waals surface area contributed by atoms with E-state index in [0.29, 0.717) is 6.61 Å². The normalized spacial score (nSPS) is 10.1. The van der Waals surface area contributed by atoms with Crippen LogP contribution in [0.25, 0.3) is 0 Å². The number of rotatable bonds is 6. The van der Waals surface area contributed by atoms with Crippen molar-refractivity contribution in [2.45, 2.75) is 12.8 Å². The smallest absolute Gasteiger partial charge is 0.175 e. The molecular formula is C11H14Br2O2. The van der Waals surface area contributed by atoms with E-state index in [0.717, 1.165) is 34.1 Å². The van der Waals surface area contributed by atoms with E-state index in [1.165, 1.54) is 0 Å². The third-order valence-corrected chi connectivity index (χ3v) is 3.11. The van der Waals surface area contributed by atoms with Gasteiger partial charge in [0.1, 0.15) is 0 Å². The van der Waals surface area contributed by atoms with Gasteiger partial charge in [-0.1, -0.05) is 22.0 Å². The third-order valence-electron chi connectivity index (χ3n) is 1.93. The SMILES string of the molecule is COc1cccc(Br)c1OCCCCBr. The molecule has 0 unspecified atom stereocenters. The Bertz CT molecular complexity index is 303. The number of halogens is 2. The number of hydrogen-bond donors (Lipinski definition) is 0. The van der Waals surface area contributed by atoms with Gasteiger partial charge in [-0.2, -0.15) is 0 Å². The van der Waals surface area contributed by atoms with Gasteiger partial charge in [-0.05, 0) is 40.9 Å². The standard InChI is InChI=1S/C11H14Br2O2/c1-14-10-6-4-5-9(13)11(10)15-8-3-2-7-12/h4-6H,2-3,7-8H2,1H3. The Morgan fingerprint density at radius 3 is 2.73 bits per heavy atom. The second-order valence-electron chi connectivity index (χ2n) is 3.02. The lowest BCUT2D eigenvalue weighted by Gasteiger charge is -2.11. The highest BCUT2D eigenvalue weighted by atomic mass is 79.9. The van der Waals surface area contributed by atoms with Crippen molar-refractivity contribution in [3.05, 3.63) is 22.7 Å². The summed E-state index contributed by atoms with van der Waals surface area (Å²) in [6.45, 7) is 0.713. The van der Waals surface area contributed by atoms with E-state index < -0.39 is 0 Å². The number of hydrogen-bond acceptors (Lipinski definition) is 2. The Kier molecular flexibility index (Phi) is 6.10. The molecule has 0 radical (unpaired) electrons. The number of ether oxygens (including phenoxy) is 2. The first-order valence-electron chi connectivity index (χ1n) is 4.81. The molecule has 0 saturated carbocycles. The van der Waals surface area contributed by atoms with E-state index in [9.17, 15) is 0 Å². The van der Waals surface area contributed by atoms with Crippen molar-refractivity contribution in [1.82, 2.24) is 0 Å². The fourth-order valence-corrected chi connectivity index (χ4v) is 2.02. The molecule has 0 heterocycles. The molecule has 0 aliphatic carbocycles. The zero-order valence-corrected chi connectivity index (χ0v) is 11.8. The highest BCUT2D eigenvalue weighted by Crippen LogP contribution is 2.34. The average molecular weight is 338 g/mol. The minimum absolute atomic E-state index is 0.713. The number of alkyl halides is 1. The molecule has 0 fully saturated rings. The van der Waals surface area contributed by atoms with Crippen LogP contribution in [0.2, 0.25) is 0 Å². The molecule has 0 spiro atoms. The van der Waals surface area contributed by atoms with Gasteiger partial charge in [-0.15, -0.1) is 0 Å². The van der Waals surface area contributed by atoms with Gasteiger partial charge in [0.05, 0.1) is 18.2 Å². The Hall–Kier alpha value is -0.220. The van der Waals surface area contributed by atoms with E-state index in [1.807, 2.05) is 18.2 Å². The molecule has 0 saturated heterocycles. The van der Waals surface area contributed by atoms with Crippen LogP contribution < -0.4 is 9.47 Å². The van der Waals surface area contributed by atoms with Crippen LogP contribution >= 0.6 is 31.9 Å². The second-order valence-corrected chi connectivity index (χ2v) is 4.66. The van der Waals surface area contributed by atoms with Crippen molar-refractivity contribution in [2.24, 2.45) is 0 Å². The maximum atomic E-state index is 5.67. The summed E-state index contributed by atoms with van der Waals surface area (Å²) in [5.41, 5.74) is 0. The largest absolute Gasteiger partial charge is 0.493 e. The van der Waals surface area contributed by atoms with E-state index in [4.69, 9.17) is 9.47 Å². The summed E-state index contributed by atoms with van der Waals surface area (Å²) in [4.78, 5) is 0. The van der Waals surface area contributed by atoms with Crippen LogP contribution in [0.15, 0.2) is 22.7 Å². The van der Waals surface area contributed by atoms with Gasteiger partial charge in [0.2, 0.25) is 0 Å². The molecule has 0 amide bonds. The van der Waals surface area contributed by atoms with Crippen LogP contribution in [0, 0.1) is 0 Å². The van der Waals surface area contributed by atoms with Gasteiger partial charge in [0.25, 0.3) is 0 Å². The van der Waals surface area contributed by atoms with Crippen LogP contribution in [-0.2, 0) is 0 Å². The van der Waals surface area contributed by atoms with Crippen molar-refractivity contribution in [1.29, 1.82) is 0 Å². The van der Waals surface area contributed by atoms with Crippen molar-refractivity contribution >= 4 is 31.9 Å². The second kappa shape index (κ2) is 7.12. The van der Waals surface area contributed by atoms with Gasteiger partial charge in [-0.25, -0.2) is 0 Å². The Morgan fingerprint density at radius 1 is 1.27 bits per heavy atom. The lowest BCUT2D eigenvalue weighted by atomic mass is 10.3. The summed E-state index contributed by atoms with van der Waals surface area (Å²) in [6.07, 6.45) is 2.16. The minimum atomic E-state index is 0.713. The molecule has 1 rings (SSSR count). The van der Waals surface area contributed by atoms with Gasteiger partial charge in [0, 0.05) is 5.33 Å². The van der Waals surface area contributed by atoms with Crippen LogP contribution in [0.3, 0.4) is 0 Å². The third kappa shape index (κ3) is 4.03. The Balaban J connectivity index is 2.58. The summed E-state index contributed by atoms with van der Waals surface area (Å²) in [7, 11) is 1.65. The maximum Gasteiger partial charge on any atom is 0.175 e. The molecule has 0 bridgehead atoms. The molecule has 0 N–H and O–H groups in total. The fraction of sp³-hybridized carbons (Fsp3) is 0.455. The molecule has 15 heavy (non-hydrogen) atoms. The molecule has 1 aromatic rings. The molecule has 2 nitrogen and oxygen atoms in total. The summed E-state index contributed by atoms with van der Waals surface area (Å²) in [5.74, 6) is 1.55. The minimum Gasteiger partial charge on any atom is -0.493 e. The van der Waals surface area contributed by atoms with Crippen molar-refractivity contribution in [3.8, 4) is 11.5 Å². The first kappa shape index (κ1) is 12.8. The number of unbranched alkanes of at least 4 members (excludes halogenated alkanes) is 1. The predicted molar refractivity (Wildman–Crippen MR) is 69.2 cm³/mol. The fourth-order valence-electron chi connectivity index (χ4n) is 1.16. The average Bonchev–Trinajstić information content (AvgIpc) is 2.26. The molecule has 1 aromatic carbocycles. The lowest BCUT2D eigenvalue weighted by Crippen LogP contribution is -2.00. The molecule has 84 valence electrons. The number of methoxy groups -OCH3 is 1. The lowest BCUT2D eigenvalue weighted by molar-refractivity contribution is 0.287. The molecule has 0 aliphatic rings.